The zero-order chi connectivity index (χ0) is 12.0. The van der Waals surface area contributed by atoms with E-state index < -0.39 is 12.6 Å². The van der Waals surface area contributed by atoms with Gasteiger partial charge in [0.2, 0.25) is 0 Å². The summed E-state index contributed by atoms with van der Waals surface area (Å²) in [5.74, 6) is -0.804. The normalized spacial score (nSPS) is 10.3. The summed E-state index contributed by atoms with van der Waals surface area (Å²) >= 11 is 5.80. The number of benzene rings is 1. The number of halogens is 1. The van der Waals surface area contributed by atoms with E-state index in [1.54, 1.807) is 24.3 Å². The van der Waals surface area contributed by atoms with Gasteiger partial charge >= 0.3 is 5.97 Å². The summed E-state index contributed by atoms with van der Waals surface area (Å²) in [4.78, 5) is 20.4. The van der Waals surface area contributed by atoms with Crippen LogP contribution in [0.25, 0.3) is 6.08 Å². The molecule has 0 aliphatic carbocycles. The van der Waals surface area contributed by atoms with Gasteiger partial charge in [0.15, 0.2) is 6.61 Å². The maximum atomic E-state index is 10.3. The molecule has 0 bridgehead atoms. The first kappa shape index (κ1) is 12.3. The highest BCUT2D eigenvalue weighted by Gasteiger charge is 2.04. The zero-order valence-corrected chi connectivity index (χ0v) is 8.98. The Bertz CT molecular complexity index is 426. The summed E-state index contributed by atoms with van der Waals surface area (Å²) in [6.07, 6.45) is 3.54. The van der Waals surface area contributed by atoms with Crippen LogP contribution in [0.1, 0.15) is 5.56 Å². The monoisotopic (exact) mass is 240 g/mol. The zero-order valence-electron chi connectivity index (χ0n) is 8.22. The molecule has 16 heavy (non-hydrogen) atoms. The molecule has 0 heterocycles. The van der Waals surface area contributed by atoms with Crippen molar-refractivity contribution in [2.45, 2.75) is 0 Å². The van der Waals surface area contributed by atoms with Crippen molar-refractivity contribution >= 4 is 29.9 Å². The molecular weight excluding hydrogens is 232 g/mol. The third-order valence-electron chi connectivity index (χ3n) is 1.67. The van der Waals surface area contributed by atoms with Crippen molar-refractivity contribution < 1.29 is 19.4 Å². The second-order valence-electron chi connectivity index (χ2n) is 2.87. The predicted octanol–water partition coefficient (Wildman–Crippen LogP) is 2.02. The summed E-state index contributed by atoms with van der Waals surface area (Å²) < 4.78 is 4.97. The lowest BCUT2D eigenvalue weighted by atomic mass is 10.2. The number of hydrogen-bond acceptors (Lipinski definition) is 3. The molecule has 5 heteroatoms. The van der Waals surface area contributed by atoms with Gasteiger partial charge in [-0.1, -0.05) is 23.7 Å². The van der Waals surface area contributed by atoms with Crippen molar-refractivity contribution in [2.24, 2.45) is 0 Å². The van der Waals surface area contributed by atoms with Crippen molar-refractivity contribution in [3.63, 3.8) is 0 Å². The number of carbonyl (C=O) groups excluding carboxylic acids is 1. The minimum Gasteiger partial charge on any atom is -0.480 e. The van der Waals surface area contributed by atoms with Gasteiger partial charge in [-0.15, -0.1) is 0 Å². The van der Waals surface area contributed by atoms with Gasteiger partial charge in [-0.25, -0.2) is 4.79 Å². The number of allylic oxidation sites excluding steroid dienone is 1. The molecule has 1 rings (SSSR count). The minimum absolute atomic E-state index is 0.275. The average molecular weight is 241 g/mol. The Labute approximate surface area is 97.1 Å². The molecule has 1 N–H and O–H groups in total. The third kappa shape index (κ3) is 3.74. The van der Waals surface area contributed by atoms with Crippen molar-refractivity contribution in [3.8, 4) is 5.75 Å². The van der Waals surface area contributed by atoms with Gasteiger partial charge in [-0.05, 0) is 23.8 Å². The summed E-state index contributed by atoms with van der Waals surface area (Å²) in [6.45, 7) is -0.458. The number of ether oxygens (including phenoxy) is 1. The standard InChI is InChI=1S/C11H9ClO4/c12-9-4-3-8(2-1-5-13)6-10(9)16-7-11(14)15/h1-6H,7H2,(H,14,15)/b2-1+. The van der Waals surface area contributed by atoms with Crippen LogP contribution in [0.5, 0.6) is 5.75 Å². The van der Waals surface area contributed by atoms with Crippen LogP contribution in [0.15, 0.2) is 24.3 Å². The molecule has 0 aromatic heterocycles. The lowest BCUT2D eigenvalue weighted by molar-refractivity contribution is -0.139. The van der Waals surface area contributed by atoms with Crippen molar-refractivity contribution in [3.05, 3.63) is 34.9 Å². The maximum absolute atomic E-state index is 10.3. The Morgan fingerprint density at radius 2 is 2.25 bits per heavy atom. The first-order chi connectivity index (χ1) is 7.63. The van der Waals surface area contributed by atoms with Crippen molar-refractivity contribution in [2.75, 3.05) is 6.61 Å². The van der Waals surface area contributed by atoms with E-state index in [2.05, 4.69) is 0 Å². The Balaban J connectivity index is 2.85. The Kier molecular flexibility index (Phi) is 4.54. The number of carbonyl (C=O) groups is 2. The topological polar surface area (TPSA) is 63.6 Å². The van der Waals surface area contributed by atoms with E-state index in [1.807, 2.05) is 0 Å². The van der Waals surface area contributed by atoms with Gasteiger partial charge < -0.3 is 9.84 Å². The average Bonchev–Trinajstić information content (AvgIpc) is 2.26. The van der Waals surface area contributed by atoms with Gasteiger partial charge in [-0.2, -0.15) is 0 Å². The maximum Gasteiger partial charge on any atom is 0.341 e. The SMILES string of the molecule is O=C/C=C/c1ccc(Cl)c(OCC(=O)O)c1. The third-order valence-corrected chi connectivity index (χ3v) is 1.99. The molecule has 1 aromatic rings. The van der Waals surface area contributed by atoms with Crippen LogP contribution >= 0.6 is 11.6 Å². The number of aliphatic carboxylic acids is 1. The van der Waals surface area contributed by atoms with Crippen LogP contribution < -0.4 is 4.74 Å². The number of aldehydes is 1. The Hall–Kier alpha value is -1.81. The first-order valence-electron chi connectivity index (χ1n) is 4.39. The summed E-state index contributed by atoms with van der Waals surface area (Å²) in [5, 5.41) is 8.77. The molecule has 0 radical (unpaired) electrons. The lowest BCUT2D eigenvalue weighted by Crippen LogP contribution is -2.09. The second-order valence-corrected chi connectivity index (χ2v) is 3.27. The molecule has 84 valence electrons. The smallest absolute Gasteiger partial charge is 0.341 e. The van der Waals surface area contributed by atoms with Crippen molar-refractivity contribution in [1.29, 1.82) is 0 Å². The summed E-state index contributed by atoms with van der Waals surface area (Å²) in [5.41, 5.74) is 0.705. The quantitative estimate of drug-likeness (QED) is 0.632. The van der Waals surface area contributed by atoms with E-state index >= 15 is 0 Å². The van der Waals surface area contributed by atoms with Crippen molar-refractivity contribution in [1.82, 2.24) is 0 Å². The lowest BCUT2D eigenvalue weighted by Gasteiger charge is -2.06. The number of carboxylic acid groups (broad SMARTS) is 1. The van der Waals surface area contributed by atoms with Gasteiger partial charge in [0.05, 0.1) is 5.02 Å². The fraction of sp³-hybridized carbons (Fsp3) is 0.0909. The van der Waals surface area contributed by atoms with Crippen LogP contribution in [-0.2, 0) is 9.59 Å². The number of carboxylic acids is 1. The molecule has 0 amide bonds. The highest BCUT2D eigenvalue weighted by Crippen LogP contribution is 2.25. The van der Waals surface area contributed by atoms with E-state index in [0.29, 0.717) is 16.9 Å². The van der Waals surface area contributed by atoms with E-state index in [9.17, 15) is 9.59 Å². The molecule has 0 aliphatic rings. The molecule has 1 aromatic carbocycles. The van der Waals surface area contributed by atoms with Crippen LogP contribution in [0, 0.1) is 0 Å². The second kappa shape index (κ2) is 5.92. The molecule has 0 unspecified atom stereocenters. The highest BCUT2D eigenvalue weighted by molar-refractivity contribution is 6.32. The van der Waals surface area contributed by atoms with Gasteiger partial charge in [0.1, 0.15) is 12.0 Å². The molecule has 0 saturated carbocycles. The van der Waals surface area contributed by atoms with Gasteiger partial charge in [0, 0.05) is 0 Å². The molecule has 0 aliphatic heterocycles. The first-order valence-corrected chi connectivity index (χ1v) is 4.77. The van der Waals surface area contributed by atoms with Crippen LogP contribution in [0.3, 0.4) is 0 Å². The van der Waals surface area contributed by atoms with Crippen LogP contribution in [-0.4, -0.2) is 24.0 Å². The number of hydrogen-bond donors (Lipinski definition) is 1. The van der Waals surface area contributed by atoms with Crippen LogP contribution in [0.2, 0.25) is 5.02 Å². The number of rotatable bonds is 5. The fourth-order valence-electron chi connectivity index (χ4n) is 1.02. The van der Waals surface area contributed by atoms with E-state index in [0.717, 1.165) is 0 Å². The summed E-state index contributed by atoms with van der Waals surface area (Å²) in [6, 6.07) is 4.82. The van der Waals surface area contributed by atoms with E-state index in [1.165, 1.54) is 6.08 Å². The molecule has 0 atom stereocenters. The van der Waals surface area contributed by atoms with Gasteiger partial charge in [0.25, 0.3) is 0 Å². The highest BCUT2D eigenvalue weighted by atomic mass is 35.5. The molecular formula is C11H9ClO4. The molecule has 0 spiro atoms. The van der Waals surface area contributed by atoms with Gasteiger partial charge in [-0.3, -0.25) is 4.79 Å². The Morgan fingerprint density at radius 3 is 2.88 bits per heavy atom. The van der Waals surface area contributed by atoms with Crippen LogP contribution in [0.4, 0.5) is 0 Å². The summed E-state index contributed by atoms with van der Waals surface area (Å²) in [7, 11) is 0. The predicted molar refractivity (Wildman–Crippen MR) is 59.7 cm³/mol. The van der Waals surface area contributed by atoms with E-state index in [4.69, 9.17) is 21.4 Å². The Morgan fingerprint density at radius 1 is 1.50 bits per heavy atom. The fourth-order valence-corrected chi connectivity index (χ4v) is 1.20. The van der Waals surface area contributed by atoms with E-state index in [-0.39, 0.29) is 5.75 Å². The molecule has 0 fully saturated rings. The molecule has 4 nitrogen and oxygen atoms in total. The molecule has 0 saturated heterocycles. The largest absolute Gasteiger partial charge is 0.480 e. The minimum atomic E-state index is -1.08.